The van der Waals surface area contributed by atoms with Gasteiger partial charge >= 0.3 is 0 Å². The van der Waals surface area contributed by atoms with Crippen LogP contribution in [0.3, 0.4) is 0 Å². The molecule has 0 atom stereocenters. The summed E-state index contributed by atoms with van der Waals surface area (Å²) in [5.41, 5.74) is 0.873. The Labute approximate surface area is 119 Å². The normalized spacial score (nSPS) is 19.9. The summed E-state index contributed by atoms with van der Waals surface area (Å²) in [5, 5.41) is 3.30. The van der Waals surface area contributed by atoms with E-state index in [-0.39, 0.29) is 5.92 Å². The minimum absolute atomic E-state index is 0.261. The van der Waals surface area contributed by atoms with Crippen molar-refractivity contribution in [2.45, 2.75) is 23.7 Å². The van der Waals surface area contributed by atoms with Crippen molar-refractivity contribution < 1.29 is 17.9 Å². The van der Waals surface area contributed by atoms with Gasteiger partial charge in [0.25, 0.3) is 0 Å². The maximum Gasteiger partial charge on any atom is 0.180 e. The number of sulfone groups is 1. The first-order chi connectivity index (χ1) is 9.57. The van der Waals surface area contributed by atoms with Crippen LogP contribution in [-0.4, -0.2) is 41.0 Å². The molecule has 0 saturated carbocycles. The number of hydrogen-bond donors (Lipinski definition) is 1. The van der Waals surface area contributed by atoms with E-state index in [0.29, 0.717) is 29.6 Å². The van der Waals surface area contributed by atoms with E-state index in [4.69, 9.17) is 9.47 Å². The average Bonchev–Trinajstić information content (AvgIpc) is 2.46. The third kappa shape index (κ3) is 2.50. The molecule has 0 radical (unpaired) electrons. The summed E-state index contributed by atoms with van der Waals surface area (Å²) in [6, 6.07) is 3.72. The van der Waals surface area contributed by atoms with Gasteiger partial charge in [-0.15, -0.1) is 0 Å². The SMILES string of the molecule is CS(=O)(=O)c1c(C2CCNCC2)ccc2c1OCCO2. The van der Waals surface area contributed by atoms with Crippen molar-refractivity contribution in [1.29, 1.82) is 0 Å². The highest BCUT2D eigenvalue weighted by Gasteiger charge is 2.29. The van der Waals surface area contributed by atoms with Gasteiger partial charge in [0.1, 0.15) is 18.1 Å². The largest absolute Gasteiger partial charge is 0.486 e. The lowest BCUT2D eigenvalue weighted by atomic mass is 9.90. The van der Waals surface area contributed by atoms with Gasteiger partial charge in [-0.2, -0.15) is 0 Å². The molecule has 0 aromatic heterocycles. The first-order valence-electron chi connectivity index (χ1n) is 6.90. The first-order valence-corrected chi connectivity index (χ1v) is 8.80. The number of rotatable bonds is 2. The van der Waals surface area contributed by atoms with Gasteiger partial charge in [-0.05, 0) is 43.5 Å². The van der Waals surface area contributed by atoms with Crippen LogP contribution in [0.2, 0.25) is 0 Å². The van der Waals surface area contributed by atoms with Gasteiger partial charge in [0.15, 0.2) is 21.3 Å². The van der Waals surface area contributed by atoms with Gasteiger partial charge in [-0.3, -0.25) is 0 Å². The van der Waals surface area contributed by atoms with Gasteiger partial charge < -0.3 is 14.8 Å². The number of hydrogen-bond acceptors (Lipinski definition) is 5. The molecule has 20 heavy (non-hydrogen) atoms. The minimum atomic E-state index is -3.35. The van der Waals surface area contributed by atoms with Crippen molar-refractivity contribution >= 4 is 9.84 Å². The van der Waals surface area contributed by atoms with E-state index in [9.17, 15) is 8.42 Å². The van der Waals surface area contributed by atoms with E-state index in [0.717, 1.165) is 31.5 Å². The summed E-state index contributed by atoms with van der Waals surface area (Å²) in [6.07, 6.45) is 3.13. The molecule has 6 heteroatoms. The lowest BCUT2D eigenvalue weighted by molar-refractivity contribution is 0.166. The highest BCUT2D eigenvalue weighted by Crippen LogP contribution is 2.42. The lowest BCUT2D eigenvalue weighted by Crippen LogP contribution is -2.28. The molecule has 1 aromatic rings. The molecule has 1 saturated heterocycles. The Morgan fingerprint density at radius 1 is 1.15 bits per heavy atom. The van der Waals surface area contributed by atoms with E-state index >= 15 is 0 Å². The smallest absolute Gasteiger partial charge is 0.180 e. The molecule has 0 spiro atoms. The van der Waals surface area contributed by atoms with Gasteiger partial charge in [-0.25, -0.2) is 8.42 Å². The fraction of sp³-hybridized carbons (Fsp3) is 0.571. The van der Waals surface area contributed by atoms with Crippen LogP contribution in [0.5, 0.6) is 11.5 Å². The van der Waals surface area contributed by atoms with Crippen LogP contribution in [0, 0.1) is 0 Å². The number of piperidine rings is 1. The Hall–Kier alpha value is -1.27. The molecule has 0 amide bonds. The Balaban J connectivity index is 2.14. The lowest BCUT2D eigenvalue weighted by Gasteiger charge is -2.28. The van der Waals surface area contributed by atoms with Crippen molar-refractivity contribution in [1.82, 2.24) is 5.32 Å². The van der Waals surface area contributed by atoms with E-state index in [1.807, 2.05) is 12.1 Å². The summed E-state index contributed by atoms with van der Waals surface area (Å²) in [6.45, 7) is 2.69. The molecule has 0 unspecified atom stereocenters. The summed E-state index contributed by atoms with van der Waals surface area (Å²) >= 11 is 0. The fourth-order valence-corrected chi connectivity index (χ4v) is 4.10. The molecule has 0 bridgehead atoms. The van der Waals surface area contributed by atoms with Gasteiger partial charge in [0, 0.05) is 6.26 Å². The zero-order chi connectivity index (χ0) is 14.2. The Morgan fingerprint density at radius 2 is 1.85 bits per heavy atom. The zero-order valence-corrected chi connectivity index (χ0v) is 12.3. The van der Waals surface area contributed by atoms with E-state index in [2.05, 4.69) is 5.32 Å². The highest BCUT2D eigenvalue weighted by atomic mass is 32.2. The van der Waals surface area contributed by atoms with Crippen LogP contribution in [0.1, 0.15) is 24.3 Å². The predicted octanol–water partition coefficient (Wildman–Crippen LogP) is 1.33. The predicted molar refractivity (Wildman–Crippen MR) is 75.4 cm³/mol. The third-order valence-corrected chi connectivity index (χ3v) is 5.01. The zero-order valence-electron chi connectivity index (χ0n) is 11.5. The molecule has 2 aliphatic rings. The second-order valence-electron chi connectivity index (χ2n) is 5.30. The number of nitrogens with one attached hydrogen (secondary N) is 1. The number of ether oxygens (including phenoxy) is 2. The van der Waals surface area contributed by atoms with E-state index < -0.39 is 9.84 Å². The first kappa shape index (κ1) is 13.7. The van der Waals surface area contributed by atoms with Gasteiger partial charge in [0.05, 0.1) is 0 Å². The van der Waals surface area contributed by atoms with E-state index in [1.54, 1.807) is 0 Å². The van der Waals surface area contributed by atoms with Crippen molar-refractivity contribution in [2.24, 2.45) is 0 Å². The van der Waals surface area contributed by atoms with Crippen LogP contribution in [0.15, 0.2) is 17.0 Å². The third-order valence-electron chi connectivity index (χ3n) is 3.84. The Kier molecular flexibility index (Phi) is 3.60. The molecule has 3 rings (SSSR count). The minimum Gasteiger partial charge on any atom is -0.486 e. The van der Waals surface area contributed by atoms with Crippen LogP contribution in [0.25, 0.3) is 0 Å². The maximum absolute atomic E-state index is 12.2. The molecular weight excluding hydrogens is 278 g/mol. The molecule has 0 aliphatic carbocycles. The molecule has 2 aliphatic heterocycles. The topological polar surface area (TPSA) is 64.6 Å². The fourth-order valence-electron chi connectivity index (χ4n) is 2.94. The molecule has 1 N–H and O–H groups in total. The molecule has 1 aromatic carbocycles. The molecule has 5 nitrogen and oxygen atoms in total. The maximum atomic E-state index is 12.2. The molecule has 1 fully saturated rings. The van der Waals surface area contributed by atoms with Crippen molar-refractivity contribution in [2.75, 3.05) is 32.6 Å². The van der Waals surface area contributed by atoms with Crippen molar-refractivity contribution in [3.8, 4) is 11.5 Å². The van der Waals surface area contributed by atoms with Crippen LogP contribution < -0.4 is 14.8 Å². The Bertz CT molecular complexity index is 606. The Morgan fingerprint density at radius 3 is 2.55 bits per heavy atom. The second kappa shape index (κ2) is 5.26. The van der Waals surface area contributed by atoms with Crippen molar-refractivity contribution in [3.05, 3.63) is 17.7 Å². The van der Waals surface area contributed by atoms with Crippen molar-refractivity contribution in [3.63, 3.8) is 0 Å². The standard InChI is InChI=1S/C14H19NO4S/c1-20(16,17)14-11(10-4-6-15-7-5-10)2-3-12-13(14)19-9-8-18-12/h2-3,10,15H,4-9H2,1H3. The van der Waals surface area contributed by atoms with Gasteiger partial charge in [-0.1, -0.05) is 6.07 Å². The second-order valence-corrected chi connectivity index (χ2v) is 7.26. The monoisotopic (exact) mass is 297 g/mol. The van der Waals surface area contributed by atoms with E-state index in [1.165, 1.54) is 6.26 Å². The number of fused-ring (bicyclic) bond motifs is 1. The highest BCUT2D eigenvalue weighted by molar-refractivity contribution is 7.90. The van der Waals surface area contributed by atoms with Crippen LogP contribution >= 0.6 is 0 Å². The summed E-state index contributed by atoms with van der Waals surface area (Å²) in [5.74, 6) is 1.20. The van der Waals surface area contributed by atoms with Crippen LogP contribution in [-0.2, 0) is 9.84 Å². The molecular formula is C14H19NO4S. The quantitative estimate of drug-likeness (QED) is 0.892. The summed E-state index contributed by atoms with van der Waals surface area (Å²) < 4.78 is 35.5. The summed E-state index contributed by atoms with van der Waals surface area (Å²) in [7, 11) is -3.35. The van der Waals surface area contributed by atoms with Crippen LogP contribution in [0.4, 0.5) is 0 Å². The average molecular weight is 297 g/mol. The van der Waals surface area contributed by atoms with Gasteiger partial charge in [0.2, 0.25) is 0 Å². The molecule has 2 heterocycles. The summed E-state index contributed by atoms with van der Waals surface area (Å²) in [4.78, 5) is 0.321. The number of benzene rings is 1. The molecule has 110 valence electrons.